The maximum atomic E-state index is 12.9. The van der Waals surface area contributed by atoms with Crippen molar-refractivity contribution in [2.75, 3.05) is 31.1 Å². The second-order valence-corrected chi connectivity index (χ2v) is 7.75. The third-order valence-electron chi connectivity index (χ3n) is 4.80. The first-order chi connectivity index (χ1) is 13.6. The highest BCUT2D eigenvalue weighted by molar-refractivity contribution is 7.71. The Balaban J connectivity index is 1.57. The summed E-state index contributed by atoms with van der Waals surface area (Å²) < 4.78 is 1.77. The van der Waals surface area contributed by atoms with Gasteiger partial charge < -0.3 is 14.8 Å². The summed E-state index contributed by atoms with van der Waals surface area (Å²) in [6.45, 7) is 6.76. The van der Waals surface area contributed by atoms with Crippen molar-refractivity contribution in [3.8, 4) is 0 Å². The van der Waals surface area contributed by atoms with E-state index in [1.807, 2.05) is 10.3 Å². The molecule has 1 aliphatic heterocycles. The summed E-state index contributed by atoms with van der Waals surface area (Å²) in [5.74, 6) is -0.0460. The molecule has 0 saturated carbocycles. The number of benzene rings is 1. The highest BCUT2D eigenvalue weighted by atomic mass is 32.1. The molecule has 1 aromatic carbocycles. The average Bonchev–Trinajstić information content (AvgIpc) is 3.25. The Morgan fingerprint density at radius 2 is 2.11 bits per heavy atom. The van der Waals surface area contributed by atoms with Crippen LogP contribution in [0.5, 0.6) is 0 Å². The Morgan fingerprint density at radius 1 is 1.32 bits per heavy atom. The van der Waals surface area contributed by atoms with Gasteiger partial charge in [-0.25, -0.2) is 4.98 Å². The number of piperazine rings is 1. The van der Waals surface area contributed by atoms with Gasteiger partial charge in [0, 0.05) is 49.9 Å². The van der Waals surface area contributed by atoms with Crippen LogP contribution in [0.3, 0.4) is 0 Å². The van der Waals surface area contributed by atoms with Crippen molar-refractivity contribution in [2.45, 2.75) is 6.54 Å². The molecule has 0 aliphatic carbocycles. The van der Waals surface area contributed by atoms with Crippen LogP contribution in [-0.4, -0.2) is 51.5 Å². The smallest absolute Gasteiger partial charge is 0.262 e. The average molecular weight is 414 g/mol. The minimum absolute atomic E-state index is 0.0460. The minimum atomic E-state index is -0.185. The predicted molar refractivity (Wildman–Crippen MR) is 114 cm³/mol. The first-order valence-corrected chi connectivity index (χ1v) is 10.2. The standard InChI is InChI=1S/C19H19N5O2S2/c1-2-6-24-17(26)14-4-3-13(12-15(14)21-18(24)27)16(25)22-7-9-23(10-8-22)19-20-5-11-28-19/h2-5,11-12H,1,6-10H2,(H,21,27). The molecular formula is C19H19N5O2S2. The number of aromatic nitrogens is 3. The molecule has 1 N–H and O–H groups in total. The van der Waals surface area contributed by atoms with E-state index in [1.54, 1.807) is 41.8 Å². The number of fused-ring (bicyclic) bond motifs is 1. The van der Waals surface area contributed by atoms with Crippen LogP contribution in [-0.2, 0) is 6.54 Å². The van der Waals surface area contributed by atoms with Gasteiger partial charge in [0.2, 0.25) is 0 Å². The van der Waals surface area contributed by atoms with Gasteiger partial charge in [-0.1, -0.05) is 6.08 Å². The van der Waals surface area contributed by atoms with Crippen LogP contribution < -0.4 is 10.5 Å². The van der Waals surface area contributed by atoms with E-state index in [9.17, 15) is 9.59 Å². The van der Waals surface area contributed by atoms with E-state index >= 15 is 0 Å². The van der Waals surface area contributed by atoms with Gasteiger partial charge in [0.1, 0.15) is 0 Å². The first kappa shape index (κ1) is 18.6. The maximum absolute atomic E-state index is 12.9. The second-order valence-electron chi connectivity index (χ2n) is 6.49. The molecule has 0 atom stereocenters. The summed E-state index contributed by atoms with van der Waals surface area (Å²) in [6, 6.07) is 5.09. The van der Waals surface area contributed by atoms with Crippen molar-refractivity contribution in [1.82, 2.24) is 19.4 Å². The van der Waals surface area contributed by atoms with Crippen LogP contribution in [0.25, 0.3) is 10.9 Å². The highest BCUT2D eigenvalue weighted by Crippen LogP contribution is 2.20. The van der Waals surface area contributed by atoms with Crippen LogP contribution in [0.15, 0.2) is 47.2 Å². The molecule has 1 saturated heterocycles. The zero-order chi connectivity index (χ0) is 19.7. The normalized spacial score (nSPS) is 14.4. The van der Waals surface area contributed by atoms with Gasteiger partial charge in [0.05, 0.1) is 10.9 Å². The molecule has 3 heterocycles. The number of nitrogens with one attached hydrogen (secondary N) is 1. The van der Waals surface area contributed by atoms with Crippen molar-refractivity contribution >= 4 is 45.5 Å². The number of allylic oxidation sites excluding steroid dienone is 1. The largest absolute Gasteiger partial charge is 0.345 e. The number of anilines is 1. The molecule has 7 nitrogen and oxygen atoms in total. The number of carbonyl (C=O) groups is 1. The molecule has 4 rings (SSSR count). The summed E-state index contributed by atoms with van der Waals surface area (Å²) >= 11 is 6.88. The van der Waals surface area contributed by atoms with E-state index in [-0.39, 0.29) is 11.5 Å². The molecule has 1 aliphatic rings. The molecule has 28 heavy (non-hydrogen) atoms. The van der Waals surface area contributed by atoms with Crippen LogP contribution in [0.4, 0.5) is 5.13 Å². The zero-order valence-electron chi connectivity index (χ0n) is 15.1. The van der Waals surface area contributed by atoms with Crippen LogP contribution in [0.1, 0.15) is 10.4 Å². The summed E-state index contributed by atoms with van der Waals surface area (Å²) in [4.78, 5) is 36.9. The molecule has 3 aromatic rings. The molecule has 9 heteroatoms. The number of hydrogen-bond acceptors (Lipinski definition) is 6. The van der Waals surface area contributed by atoms with Gasteiger partial charge in [-0.3, -0.25) is 14.2 Å². The third-order valence-corrected chi connectivity index (χ3v) is 5.95. The molecule has 0 unspecified atom stereocenters. The van der Waals surface area contributed by atoms with E-state index in [4.69, 9.17) is 12.2 Å². The number of H-pyrrole nitrogens is 1. The lowest BCUT2D eigenvalue weighted by Crippen LogP contribution is -2.48. The lowest BCUT2D eigenvalue weighted by Gasteiger charge is -2.34. The third kappa shape index (κ3) is 3.38. The van der Waals surface area contributed by atoms with Gasteiger partial charge in [-0.15, -0.1) is 17.9 Å². The van der Waals surface area contributed by atoms with Crippen LogP contribution in [0, 0.1) is 4.77 Å². The van der Waals surface area contributed by atoms with Gasteiger partial charge in [-0.2, -0.15) is 0 Å². The molecule has 0 spiro atoms. The van der Waals surface area contributed by atoms with E-state index in [2.05, 4.69) is 21.4 Å². The van der Waals surface area contributed by atoms with E-state index in [0.717, 1.165) is 18.2 Å². The predicted octanol–water partition coefficient (Wildman–Crippen LogP) is 2.66. The van der Waals surface area contributed by atoms with Crippen molar-refractivity contribution in [3.05, 3.63) is 63.1 Å². The summed E-state index contributed by atoms with van der Waals surface area (Å²) in [7, 11) is 0. The van der Waals surface area contributed by atoms with Gasteiger partial charge >= 0.3 is 0 Å². The number of rotatable bonds is 4. The lowest BCUT2D eigenvalue weighted by atomic mass is 10.1. The zero-order valence-corrected chi connectivity index (χ0v) is 16.8. The minimum Gasteiger partial charge on any atom is -0.345 e. The second kappa shape index (κ2) is 7.69. The number of nitrogens with zero attached hydrogens (tertiary/aromatic N) is 4. The van der Waals surface area contributed by atoms with Gasteiger partial charge in [0.15, 0.2) is 9.90 Å². The van der Waals surface area contributed by atoms with E-state index < -0.39 is 0 Å². The Bertz CT molecular complexity index is 1140. The van der Waals surface area contributed by atoms with E-state index in [0.29, 0.717) is 40.9 Å². The number of aromatic amines is 1. The Morgan fingerprint density at radius 3 is 2.79 bits per heavy atom. The Labute approximate surface area is 170 Å². The molecule has 0 radical (unpaired) electrons. The van der Waals surface area contributed by atoms with Crippen molar-refractivity contribution in [2.24, 2.45) is 0 Å². The number of amides is 1. The topological polar surface area (TPSA) is 74.2 Å². The fraction of sp³-hybridized carbons (Fsp3) is 0.263. The fourth-order valence-corrected chi connectivity index (χ4v) is 4.30. The number of carbonyl (C=O) groups excluding carboxylic acids is 1. The molecule has 0 bridgehead atoms. The highest BCUT2D eigenvalue weighted by Gasteiger charge is 2.23. The van der Waals surface area contributed by atoms with Crippen molar-refractivity contribution < 1.29 is 4.79 Å². The monoisotopic (exact) mass is 413 g/mol. The van der Waals surface area contributed by atoms with Gasteiger partial charge in [0.25, 0.3) is 11.5 Å². The molecule has 2 aromatic heterocycles. The summed E-state index contributed by atoms with van der Waals surface area (Å²) in [5, 5.41) is 3.44. The van der Waals surface area contributed by atoms with Crippen molar-refractivity contribution in [3.63, 3.8) is 0 Å². The Kier molecular flexibility index (Phi) is 5.10. The molecule has 1 amide bonds. The number of hydrogen-bond donors (Lipinski definition) is 1. The van der Waals surface area contributed by atoms with Crippen LogP contribution >= 0.6 is 23.6 Å². The number of thiazole rings is 1. The lowest BCUT2D eigenvalue weighted by molar-refractivity contribution is 0.0747. The SMILES string of the molecule is C=CCn1c(=S)[nH]c2cc(C(=O)N3CCN(c4nccs4)CC3)ccc2c1=O. The maximum Gasteiger partial charge on any atom is 0.262 e. The summed E-state index contributed by atoms with van der Waals surface area (Å²) in [6.07, 6.45) is 3.42. The fourth-order valence-electron chi connectivity index (χ4n) is 3.34. The molecule has 144 valence electrons. The first-order valence-electron chi connectivity index (χ1n) is 8.90. The Hall–Kier alpha value is -2.78. The quantitative estimate of drug-likeness (QED) is 0.526. The molecule has 1 fully saturated rings. The van der Waals surface area contributed by atoms with Crippen molar-refractivity contribution in [1.29, 1.82) is 0 Å². The molecular weight excluding hydrogens is 394 g/mol. The van der Waals surface area contributed by atoms with Crippen LogP contribution in [0.2, 0.25) is 0 Å². The van der Waals surface area contributed by atoms with E-state index in [1.165, 1.54) is 4.57 Å². The summed E-state index contributed by atoms with van der Waals surface area (Å²) in [5.41, 5.74) is 0.930. The van der Waals surface area contributed by atoms with Gasteiger partial charge in [-0.05, 0) is 30.4 Å².